The SMILES string of the molecule is COc1ccc(-c2cc(C(N)=O)ccn2)c(OC)c1OC. The number of pyridine rings is 1. The second kappa shape index (κ2) is 6.13. The van der Waals surface area contributed by atoms with Gasteiger partial charge in [0.05, 0.1) is 27.0 Å². The number of ether oxygens (including phenoxy) is 3. The molecule has 110 valence electrons. The highest BCUT2D eigenvalue weighted by Crippen LogP contribution is 2.43. The summed E-state index contributed by atoms with van der Waals surface area (Å²) in [7, 11) is 4.60. The Morgan fingerprint density at radius 2 is 1.76 bits per heavy atom. The number of rotatable bonds is 5. The van der Waals surface area contributed by atoms with Crippen molar-refractivity contribution < 1.29 is 19.0 Å². The molecule has 1 aromatic carbocycles. The van der Waals surface area contributed by atoms with Crippen molar-refractivity contribution in [2.24, 2.45) is 5.73 Å². The van der Waals surface area contributed by atoms with Gasteiger partial charge in [-0.05, 0) is 24.3 Å². The molecule has 6 heteroatoms. The van der Waals surface area contributed by atoms with Crippen LogP contribution in [0.25, 0.3) is 11.3 Å². The maximum absolute atomic E-state index is 11.3. The summed E-state index contributed by atoms with van der Waals surface area (Å²) in [6.07, 6.45) is 1.52. The molecule has 2 aromatic rings. The van der Waals surface area contributed by atoms with Crippen molar-refractivity contribution in [3.8, 4) is 28.5 Å². The van der Waals surface area contributed by atoms with Crippen LogP contribution >= 0.6 is 0 Å². The van der Waals surface area contributed by atoms with Crippen LogP contribution in [0.15, 0.2) is 30.5 Å². The Labute approximate surface area is 122 Å². The van der Waals surface area contributed by atoms with E-state index in [2.05, 4.69) is 4.98 Å². The number of hydrogen-bond donors (Lipinski definition) is 1. The van der Waals surface area contributed by atoms with Crippen molar-refractivity contribution in [2.45, 2.75) is 0 Å². The van der Waals surface area contributed by atoms with Crippen LogP contribution in [0.4, 0.5) is 0 Å². The van der Waals surface area contributed by atoms with Gasteiger partial charge in [0.1, 0.15) is 0 Å². The van der Waals surface area contributed by atoms with E-state index in [-0.39, 0.29) is 0 Å². The lowest BCUT2D eigenvalue weighted by molar-refractivity contribution is 0.1000. The lowest BCUT2D eigenvalue weighted by Crippen LogP contribution is -2.11. The first kappa shape index (κ1) is 14.6. The molecule has 0 aliphatic heterocycles. The highest BCUT2D eigenvalue weighted by molar-refractivity contribution is 5.94. The normalized spacial score (nSPS) is 10.0. The Balaban J connectivity index is 2.63. The van der Waals surface area contributed by atoms with Crippen LogP contribution in [0.5, 0.6) is 17.2 Å². The first-order chi connectivity index (χ1) is 10.1. The zero-order valence-electron chi connectivity index (χ0n) is 12.0. The third-order valence-electron chi connectivity index (χ3n) is 3.02. The highest BCUT2D eigenvalue weighted by Gasteiger charge is 2.18. The number of carbonyl (C=O) groups excluding carboxylic acids is 1. The monoisotopic (exact) mass is 288 g/mol. The van der Waals surface area contributed by atoms with Crippen LogP contribution in [0, 0.1) is 0 Å². The second-order valence-electron chi connectivity index (χ2n) is 4.18. The molecule has 0 spiro atoms. The number of aromatic nitrogens is 1. The third kappa shape index (κ3) is 2.74. The Morgan fingerprint density at radius 1 is 1.05 bits per heavy atom. The van der Waals surface area contributed by atoms with Gasteiger partial charge in [-0.15, -0.1) is 0 Å². The van der Waals surface area contributed by atoms with E-state index in [1.165, 1.54) is 20.4 Å². The van der Waals surface area contributed by atoms with Crippen LogP contribution in [0.1, 0.15) is 10.4 Å². The average Bonchev–Trinajstić information content (AvgIpc) is 2.53. The zero-order chi connectivity index (χ0) is 15.4. The lowest BCUT2D eigenvalue weighted by atomic mass is 10.1. The molecule has 0 unspecified atom stereocenters. The van der Waals surface area contributed by atoms with Crippen LogP contribution < -0.4 is 19.9 Å². The number of nitrogens with zero attached hydrogens (tertiary/aromatic N) is 1. The molecule has 0 bridgehead atoms. The smallest absolute Gasteiger partial charge is 0.248 e. The quantitative estimate of drug-likeness (QED) is 0.908. The number of carbonyl (C=O) groups is 1. The van der Waals surface area contributed by atoms with Gasteiger partial charge in [-0.1, -0.05) is 0 Å². The molecule has 1 heterocycles. The molecule has 0 saturated heterocycles. The summed E-state index contributed by atoms with van der Waals surface area (Å²) < 4.78 is 16.0. The van der Waals surface area contributed by atoms with Crippen LogP contribution in [-0.2, 0) is 0 Å². The Morgan fingerprint density at radius 3 is 2.33 bits per heavy atom. The first-order valence-electron chi connectivity index (χ1n) is 6.17. The van der Waals surface area contributed by atoms with E-state index in [9.17, 15) is 4.79 Å². The Bertz CT molecular complexity index is 671. The third-order valence-corrected chi connectivity index (χ3v) is 3.02. The van der Waals surface area contributed by atoms with Crippen molar-refractivity contribution in [1.29, 1.82) is 0 Å². The minimum Gasteiger partial charge on any atom is -0.493 e. The number of hydrogen-bond acceptors (Lipinski definition) is 5. The molecule has 0 atom stereocenters. The van der Waals surface area contributed by atoms with Gasteiger partial charge in [-0.2, -0.15) is 0 Å². The van der Waals surface area contributed by atoms with E-state index in [1.807, 2.05) is 0 Å². The molecule has 1 amide bonds. The molecule has 2 N–H and O–H groups in total. The number of amides is 1. The van der Waals surface area contributed by atoms with Gasteiger partial charge in [0, 0.05) is 17.3 Å². The molecule has 0 aliphatic carbocycles. The Kier molecular flexibility index (Phi) is 4.27. The number of primary amides is 1. The molecule has 6 nitrogen and oxygen atoms in total. The van der Waals surface area contributed by atoms with E-state index in [1.54, 1.807) is 31.4 Å². The van der Waals surface area contributed by atoms with Gasteiger partial charge >= 0.3 is 0 Å². The summed E-state index contributed by atoms with van der Waals surface area (Å²) >= 11 is 0. The van der Waals surface area contributed by atoms with Crippen molar-refractivity contribution in [2.75, 3.05) is 21.3 Å². The first-order valence-corrected chi connectivity index (χ1v) is 6.17. The van der Waals surface area contributed by atoms with Crippen LogP contribution in [0.3, 0.4) is 0 Å². The molecule has 2 rings (SSSR count). The van der Waals surface area contributed by atoms with Crippen LogP contribution in [0.2, 0.25) is 0 Å². The average molecular weight is 288 g/mol. The summed E-state index contributed by atoms with van der Waals surface area (Å²) in [5.74, 6) is 0.969. The molecule has 0 radical (unpaired) electrons. The fourth-order valence-electron chi connectivity index (χ4n) is 2.03. The van der Waals surface area contributed by atoms with E-state index >= 15 is 0 Å². The lowest BCUT2D eigenvalue weighted by Gasteiger charge is -2.15. The predicted molar refractivity (Wildman–Crippen MR) is 77.8 cm³/mol. The fourth-order valence-corrected chi connectivity index (χ4v) is 2.03. The summed E-state index contributed by atoms with van der Waals surface area (Å²) in [6.45, 7) is 0. The van der Waals surface area contributed by atoms with Crippen molar-refractivity contribution >= 4 is 5.91 Å². The van der Waals surface area contributed by atoms with Gasteiger partial charge in [0.2, 0.25) is 11.7 Å². The van der Waals surface area contributed by atoms with Crippen molar-refractivity contribution in [3.63, 3.8) is 0 Å². The molecular weight excluding hydrogens is 272 g/mol. The minimum atomic E-state index is -0.516. The zero-order valence-corrected chi connectivity index (χ0v) is 12.0. The van der Waals surface area contributed by atoms with Gasteiger partial charge in [0.15, 0.2) is 11.5 Å². The van der Waals surface area contributed by atoms with E-state index in [4.69, 9.17) is 19.9 Å². The van der Waals surface area contributed by atoms with E-state index in [0.29, 0.717) is 34.1 Å². The highest BCUT2D eigenvalue weighted by atomic mass is 16.5. The number of nitrogens with two attached hydrogens (primary N) is 1. The minimum absolute atomic E-state index is 0.372. The molecule has 1 aromatic heterocycles. The molecule has 0 fully saturated rings. The van der Waals surface area contributed by atoms with Gasteiger partial charge in [0.25, 0.3) is 0 Å². The summed E-state index contributed by atoms with van der Waals surface area (Å²) in [4.78, 5) is 15.5. The van der Waals surface area contributed by atoms with Crippen molar-refractivity contribution in [1.82, 2.24) is 4.98 Å². The van der Waals surface area contributed by atoms with Gasteiger partial charge in [-0.3, -0.25) is 9.78 Å². The maximum Gasteiger partial charge on any atom is 0.248 e. The van der Waals surface area contributed by atoms with E-state index in [0.717, 1.165) is 0 Å². The summed E-state index contributed by atoms with van der Waals surface area (Å²) in [6, 6.07) is 6.69. The molecule has 0 saturated carbocycles. The summed E-state index contributed by atoms with van der Waals surface area (Å²) in [5.41, 5.74) is 6.90. The van der Waals surface area contributed by atoms with Crippen molar-refractivity contribution in [3.05, 3.63) is 36.0 Å². The standard InChI is InChI=1S/C15H16N2O4/c1-19-12-5-4-10(13(20-2)14(12)21-3)11-8-9(15(16)18)6-7-17-11/h4-8H,1-3H3,(H2,16,18). The van der Waals surface area contributed by atoms with Crippen LogP contribution in [-0.4, -0.2) is 32.2 Å². The second-order valence-corrected chi connectivity index (χ2v) is 4.18. The molecule has 0 aliphatic rings. The topological polar surface area (TPSA) is 83.7 Å². The largest absolute Gasteiger partial charge is 0.493 e. The predicted octanol–water partition coefficient (Wildman–Crippen LogP) is 1.87. The number of methoxy groups -OCH3 is 3. The number of benzene rings is 1. The van der Waals surface area contributed by atoms with E-state index < -0.39 is 5.91 Å². The summed E-state index contributed by atoms with van der Waals surface area (Å²) in [5, 5.41) is 0. The Hall–Kier alpha value is -2.76. The molecular formula is C15H16N2O4. The molecule has 21 heavy (non-hydrogen) atoms. The fraction of sp³-hybridized carbons (Fsp3) is 0.200. The van der Waals surface area contributed by atoms with Gasteiger partial charge in [-0.25, -0.2) is 0 Å². The van der Waals surface area contributed by atoms with Gasteiger partial charge < -0.3 is 19.9 Å². The maximum atomic E-state index is 11.3.